The van der Waals surface area contributed by atoms with Gasteiger partial charge in [-0.2, -0.15) is 0 Å². The van der Waals surface area contributed by atoms with Gasteiger partial charge in [-0.25, -0.2) is 4.79 Å². The molecule has 4 fully saturated rings. The molecule has 3 aliphatic heterocycles. The lowest BCUT2D eigenvalue weighted by Gasteiger charge is -2.31. The van der Waals surface area contributed by atoms with Crippen LogP contribution in [0.4, 0.5) is 4.79 Å². The number of likely N-dealkylation sites (tertiary alicyclic amines) is 1. The third-order valence-electron chi connectivity index (χ3n) is 9.56. The fourth-order valence-electron chi connectivity index (χ4n) is 6.23. The minimum Gasteiger partial charge on any atom is -0.392 e. The Morgan fingerprint density at radius 2 is 1.41 bits per heavy atom. The predicted octanol–water partition coefficient (Wildman–Crippen LogP) is 7.22. The summed E-state index contributed by atoms with van der Waals surface area (Å²) in [4.78, 5) is 17.7. The van der Waals surface area contributed by atoms with Crippen LogP contribution in [0.1, 0.15) is 120 Å². The zero-order chi connectivity index (χ0) is 33.1. The van der Waals surface area contributed by atoms with Crippen LogP contribution in [0.15, 0.2) is 12.3 Å². The van der Waals surface area contributed by atoms with Gasteiger partial charge in [0.25, 0.3) is 0 Å². The molecule has 1 saturated carbocycles. The van der Waals surface area contributed by atoms with Gasteiger partial charge in [0.2, 0.25) is 0 Å². The molecule has 2 atom stereocenters. The van der Waals surface area contributed by atoms with Crippen molar-refractivity contribution in [3.05, 3.63) is 12.3 Å². The molecular formula is C37H75N5O2. The molecule has 44 heavy (non-hydrogen) atoms. The maximum Gasteiger partial charge on any atom is 0.317 e. The maximum atomic E-state index is 11.0. The van der Waals surface area contributed by atoms with E-state index >= 15 is 0 Å². The van der Waals surface area contributed by atoms with Crippen LogP contribution in [-0.2, 0) is 0 Å². The summed E-state index contributed by atoms with van der Waals surface area (Å²) in [6.45, 7) is 32.8. The molecule has 0 spiro atoms. The van der Waals surface area contributed by atoms with Crippen LogP contribution >= 0.6 is 0 Å². The molecule has 0 aromatic rings. The Morgan fingerprint density at radius 1 is 0.795 bits per heavy atom. The van der Waals surface area contributed by atoms with Crippen molar-refractivity contribution in [2.75, 3.05) is 58.9 Å². The van der Waals surface area contributed by atoms with Crippen molar-refractivity contribution in [3.8, 4) is 0 Å². The number of amides is 2. The minimum absolute atomic E-state index is 0.102. The summed E-state index contributed by atoms with van der Waals surface area (Å²) < 4.78 is 0. The molecule has 4 aliphatic rings. The van der Waals surface area contributed by atoms with Gasteiger partial charge < -0.3 is 25.5 Å². The van der Waals surface area contributed by atoms with Crippen molar-refractivity contribution in [1.82, 2.24) is 25.3 Å². The number of nitrogens with zero attached hydrogens (tertiary/aromatic N) is 3. The number of hydrogen-bond acceptors (Lipinski definition) is 5. The van der Waals surface area contributed by atoms with Crippen molar-refractivity contribution in [3.63, 3.8) is 0 Å². The van der Waals surface area contributed by atoms with E-state index < -0.39 is 0 Å². The van der Waals surface area contributed by atoms with Gasteiger partial charge >= 0.3 is 6.03 Å². The van der Waals surface area contributed by atoms with Crippen LogP contribution in [0.5, 0.6) is 0 Å². The molecule has 0 aromatic heterocycles. The first-order chi connectivity index (χ1) is 20.8. The third kappa shape index (κ3) is 18.6. The maximum absolute atomic E-state index is 11.0. The van der Waals surface area contributed by atoms with Crippen molar-refractivity contribution in [2.45, 2.75) is 132 Å². The number of aliphatic hydroxyl groups excluding tert-OH is 1. The number of nitrogens with one attached hydrogen (secondary N) is 2. The highest BCUT2D eigenvalue weighted by Gasteiger charge is 2.20. The summed E-state index contributed by atoms with van der Waals surface area (Å²) in [5.74, 6) is 3.83. The van der Waals surface area contributed by atoms with Gasteiger partial charge in [0.15, 0.2) is 0 Å². The topological polar surface area (TPSA) is 71.1 Å². The molecule has 0 bridgehead atoms. The molecule has 3 saturated heterocycles. The Balaban J connectivity index is 0.000000295. The molecule has 4 rings (SSSR count). The van der Waals surface area contributed by atoms with Crippen LogP contribution < -0.4 is 10.6 Å². The molecule has 0 radical (unpaired) electrons. The highest BCUT2D eigenvalue weighted by atomic mass is 16.3. The Morgan fingerprint density at radius 3 is 1.89 bits per heavy atom. The van der Waals surface area contributed by atoms with Gasteiger partial charge in [-0.15, -0.1) is 0 Å². The molecule has 3 heterocycles. The summed E-state index contributed by atoms with van der Waals surface area (Å²) in [7, 11) is 0. The average molecular weight is 622 g/mol. The number of rotatable bonds is 10. The summed E-state index contributed by atoms with van der Waals surface area (Å²) in [6.07, 6.45) is 12.7. The highest BCUT2D eigenvalue weighted by molar-refractivity contribution is 5.76. The van der Waals surface area contributed by atoms with Crippen LogP contribution in [0.25, 0.3) is 0 Å². The number of piperazine rings is 1. The Labute approximate surface area is 274 Å². The van der Waals surface area contributed by atoms with E-state index in [1.54, 1.807) is 0 Å². The molecule has 260 valence electrons. The first kappa shape index (κ1) is 40.7. The van der Waals surface area contributed by atoms with Crippen LogP contribution in [0.3, 0.4) is 0 Å². The lowest BCUT2D eigenvalue weighted by atomic mass is 9.84. The summed E-state index contributed by atoms with van der Waals surface area (Å²) >= 11 is 0. The van der Waals surface area contributed by atoms with E-state index in [1.165, 1.54) is 64.5 Å². The second-order valence-corrected chi connectivity index (χ2v) is 15.3. The van der Waals surface area contributed by atoms with Crippen molar-refractivity contribution < 1.29 is 9.90 Å². The van der Waals surface area contributed by atoms with Crippen molar-refractivity contribution >= 4 is 6.03 Å². The van der Waals surface area contributed by atoms with Crippen molar-refractivity contribution in [1.29, 1.82) is 0 Å². The van der Waals surface area contributed by atoms with Crippen LogP contribution in [0.2, 0.25) is 0 Å². The minimum atomic E-state index is -0.217. The first-order valence-corrected chi connectivity index (χ1v) is 18.4. The van der Waals surface area contributed by atoms with E-state index in [0.717, 1.165) is 81.7 Å². The van der Waals surface area contributed by atoms with Gasteiger partial charge in [-0.05, 0) is 75.3 Å². The predicted molar refractivity (Wildman–Crippen MR) is 190 cm³/mol. The number of urea groups is 1. The standard InChI is InChI=1S/C10H20N2O.C10H20.C9H19N.C8H16N2O/c1-8(2)10(13)7-12-5-4-11-9(3)6-12;1-9(2)8-10-6-4-3-5-7-10;1-8(2)9(3)10-6-4-5-7-10;1-7(2)3-5-10-6-4-9-8(10)11/h8,10-11,13H,3-7H2,1-2H3;9-10H,3-8H2,1-2H3;8-9H,4-7H2,1-3H3;7H,3-6H2,1-2H3,(H,9,11)/t;;9-;/m..0./s1. The van der Waals surface area contributed by atoms with Gasteiger partial charge in [0.05, 0.1) is 6.10 Å². The van der Waals surface area contributed by atoms with E-state index in [2.05, 4.69) is 75.5 Å². The fraction of sp³-hybridized carbons (Fsp3) is 0.919. The molecular weight excluding hydrogens is 546 g/mol. The number of aliphatic hydroxyl groups is 1. The summed E-state index contributed by atoms with van der Waals surface area (Å²) in [5.41, 5.74) is 1.06. The Kier molecular flexibility index (Phi) is 21.4. The quantitative estimate of drug-likeness (QED) is 0.240. The summed E-state index contributed by atoms with van der Waals surface area (Å²) in [6, 6.07) is 0.896. The summed E-state index contributed by atoms with van der Waals surface area (Å²) in [5, 5.41) is 15.7. The fourth-order valence-corrected chi connectivity index (χ4v) is 6.23. The monoisotopic (exact) mass is 622 g/mol. The van der Waals surface area contributed by atoms with Gasteiger partial charge in [0, 0.05) is 57.6 Å². The number of β-amino-alcohol motifs (C(OH)–C–C–N with tert-alkyl or cyclic N) is 1. The molecule has 2 amide bonds. The van der Waals surface area contributed by atoms with E-state index in [9.17, 15) is 9.90 Å². The third-order valence-corrected chi connectivity index (χ3v) is 9.56. The normalized spacial score (nSPS) is 21.3. The smallest absolute Gasteiger partial charge is 0.317 e. The second kappa shape index (κ2) is 23.1. The van der Waals surface area contributed by atoms with Crippen molar-refractivity contribution in [2.24, 2.45) is 29.6 Å². The van der Waals surface area contributed by atoms with E-state index in [1.807, 2.05) is 18.7 Å². The SMILES string of the molecule is C=C1CN(CC(O)C(C)C)CCN1.CC(C)CC1CCCCC1.CC(C)CCN1CCNC1=O.CC(C)[C@H](C)N1CCCC1. The second-order valence-electron chi connectivity index (χ2n) is 15.3. The first-order valence-electron chi connectivity index (χ1n) is 18.4. The van der Waals surface area contributed by atoms with Crippen LogP contribution in [-0.4, -0.2) is 96.9 Å². The molecule has 1 unspecified atom stereocenters. The largest absolute Gasteiger partial charge is 0.392 e. The zero-order valence-corrected chi connectivity index (χ0v) is 30.7. The van der Waals surface area contributed by atoms with Crippen LogP contribution in [0, 0.1) is 29.6 Å². The molecule has 1 aliphatic carbocycles. The molecule has 7 nitrogen and oxygen atoms in total. The average Bonchev–Trinajstić information content (AvgIpc) is 3.65. The number of hydrogen-bond donors (Lipinski definition) is 3. The lowest BCUT2D eigenvalue weighted by Crippen LogP contribution is -2.45. The van der Waals surface area contributed by atoms with Gasteiger partial charge in [-0.1, -0.05) is 94.1 Å². The van der Waals surface area contributed by atoms with Gasteiger partial charge in [0.1, 0.15) is 0 Å². The van der Waals surface area contributed by atoms with Gasteiger partial charge in [-0.3, -0.25) is 4.90 Å². The Hall–Kier alpha value is -1.31. The number of carbonyl (C=O) groups is 1. The number of carbonyl (C=O) groups excluding carboxylic acids is 1. The molecule has 7 heteroatoms. The van der Waals surface area contributed by atoms with E-state index in [-0.39, 0.29) is 12.1 Å². The highest BCUT2D eigenvalue weighted by Crippen LogP contribution is 2.28. The van der Waals surface area contributed by atoms with E-state index in [4.69, 9.17) is 0 Å². The zero-order valence-electron chi connectivity index (χ0n) is 30.7. The Bertz CT molecular complexity index is 744. The lowest BCUT2D eigenvalue weighted by molar-refractivity contribution is 0.0759. The molecule has 0 aromatic carbocycles. The molecule has 3 N–H and O–H groups in total. The van der Waals surface area contributed by atoms with E-state index in [0.29, 0.717) is 11.8 Å².